The number of piperazine rings is 1. The van der Waals surface area contributed by atoms with Gasteiger partial charge in [0, 0.05) is 18.1 Å². The van der Waals surface area contributed by atoms with Crippen molar-refractivity contribution in [3.63, 3.8) is 0 Å². The highest BCUT2D eigenvalue weighted by Crippen LogP contribution is 2.31. The van der Waals surface area contributed by atoms with Crippen molar-refractivity contribution in [2.24, 2.45) is 0 Å². The Kier molecular flexibility index (Phi) is 5.92. The molecule has 27 heavy (non-hydrogen) atoms. The Morgan fingerprint density at radius 1 is 1.19 bits per heavy atom. The maximum atomic E-state index is 13.0. The third kappa shape index (κ3) is 3.89. The minimum absolute atomic E-state index is 0.160. The van der Waals surface area contributed by atoms with Gasteiger partial charge in [0.25, 0.3) is 5.91 Å². The van der Waals surface area contributed by atoms with E-state index in [1.54, 1.807) is 24.0 Å². The molecule has 1 aliphatic rings. The average molecular weight is 407 g/mol. The van der Waals surface area contributed by atoms with Crippen molar-refractivity contribution in [1.82, 2.24) is 4.90 Å². The molecule has 0 N–H and O–H groups in total. The fourth-order valence-corrected chi connectivity index (χ4v) is 3.65. The molecule has 1 heterocycles. The van der Waals surface area contributed by atoms with Crippen LogP contribution in [0, 0.1) is 0 Å². The second-order valence-corrected chi connectivity index (χ2v) is 7.03. The van der Waals surface area contributed by atoms with Crippen LogP contribution in [0.15, 0.2) is 42.5 Å². The first kappa shape index (κ1) is 19.5. The van der Waals surface area contributed by atoms with E-state index in [0.717, 1.165) is 0 Å². The van der Waals surface area contributed by atoms with Crippen LogP contribution in [0.2, 0.25) is 10.0 Å². The van der Waals surface area contributed by atoms with Crippen LogP contribution >= 0.6 is 23.2 Å². The molecule has 1 atom stereocenters. The second-order valence-electron chi connectivity index (χ2n) is 6.19. The summed E-state index contributed by atoms with van der Waals surface area (Å²) in [4.78, 5) is 29.1. The van der Waals surface area contributed by atoms with E-state index in [4.69, 9.17) is 27.9 Å². The van der Waals surface area contributed by atoms with Crippen molar-refractivity contribution in [2.45, 2.75) is 19.9 Å². The molecule has 2 aromatic rings. The number of nitrogens with zero attached hydrogens (tertiary/aromatic N) is 2. The monoisotopic (exact) mass is 406 g/mol. The number of hydrogen-bond acceptors (Lipinski definition) is 3. The minimum atomic E-state index is -0.618. The Morgan fingerprint density at radius 2 is 1.93 bits per heavy atom. The highest BCUT2D eigenvalue weighted by molar-refractivity contribution is 6.36. The maximum absolute atomic E-state index is 13.0. The van der Waals surface area contributed by atoms with Gasteiger partial charge in [-0.3, -0.25) is 9.59 Å². The highest BCUT2D eigenvalue weighted by atomic mass is 35.5. The number of halogens is 2. The zero-order valence-electron chi connectivity index (χ0n) is 15.1. The van der Waals surface area contributed by atoms with Crippen molar-refractivity contribution < 1.29 is 14.3 Å². The van der Waals surface area contributed by atoms with Gasteiger partial charge in [0.05, 0.1) is 22.9 Å². The Morgan fingerprint density at radius 3 is 2.63 bits per heavy atom. The third-order valence-corrected chi connectivity index (χ3v) is 5.08. The molecule has 0 saturated carbocycles. The molecule has 3 rings (SSSR count). The fourth-order valence-electron chi connectivity index (χ4n) is 3.16. The van der Waals surface area contributed by atoms with E-state index in [1.165, 1.54) is 11.0 Å². The van der Waals surface area contributed by atoms with Gasteiger partial charge in [-0.25, -0.2) is 0 Å². The molecule has 1 saturated heterocycles. The first-order valence-corrected chi connectivity index (χ1v) is 9.48. The van der Waals surface area contributed by atoms with Crippen molar-refractivity contribution in [2.75, 3.05) is 24.6 Å². The summed E-state index contributed by atoms with van der Waals surface area (Å²) in [7, 11) is 0. The molecular weight excluding hydrogens is 387 g/mol. The van der Waals surface area contributed by atoms with E-state index in [1.807, 2.05) is 31.2 Å². The standard InChI is InChI=1S/C20H20Cl2N2O3/c1-3-27-18-7-5-4-6-17(18)24-11-10-23(13(2)19(24)25)20(26)15-9-8-14(21)12-16(15)22/h4-9,12-13H,3,10-11H2,1-2H3. The molecular formula is C20H20Cl2N2O3. The van der Waals surface area contributed by atoms with Crippen molar-refractivity contribution >= 4 is 40.7 Å². The number of amides is 2. The fraction of sp³-hybridized carbons (Fsp3) is 0.300. The lowest BCUT2D eigenvalue weighted by atomic mass is 10.1. The largest absolute Gasteiger partial charge is 0.492 e. The van der Waals surface area contributed by atoms with Gasteiger partial charge in [-0.15, -0.1) is 0 Å². The summed E-state index contributed by atoms with van der Waals surface area (Å²) in [5.41, 5.74) is 1.05. The first-order valence-electron chi connectivity index (χ1n) is 8.73. The molecule has 2 amide bonds. The number of benzene rings is 2. The van der Waals surface area contributed by atoms with Gasteiger partial charge in [0.1, 0.15) is 11.8 Å². The van der Waals surface area contributed by atoms with Crippen LogP contribution in [0.25, 0.3) is 0 Å². The lowest BCUT2D eigenvalue weighted by Gasteiger charge is -2.39. The zero-order valence-corrected chi connectivity index (χ0v) is 16.6. The number of ether oxygens (including phenoxy) is 1. The van der Waals surface area contributed by atoms with Crippen LogP contribution in [-0.2, 0) is 4.79 Å². The molecule has 0 bridgehead atoms. The van der Waals surface area contributed by atoms with E-state index < -0.39 is 6.04 Å². The Bertz CT molecular complexity index is 872. The van der Waals surface area contributed by atoms with Crippen LogP contribution < -0.4 is 9.64 Å². The number of anilines is 1. The smallest absolute Gasteiger partial charge is 0.256 e. The predicted molar refractivity (Wildman–Crippen MR) is 107 cm³/mol. The Balaban J connectivity index is 1.84. The van der Waals surface area contributed by atoms with E-state index >= 15 is 0 Å². The molecule has 2 aromatic carbocycles. The molecule has 1 unspecified atom stereocenters. The number of hydrogen-bond donors (Lipinski definition) is 0. The quantitative estimate of drug-likeness (QED) is 0.761. The molecule has 142 valence electrons. The van der Waals surface area contributed by atoms with Gasteiger partial charge in [-0.2, -0.15) is 0 Å². The van der Waals surface area contributed by atoms with E-state index in [0.29, 0.717) is 41.7 Å². The molecule has 0 spiro atoms. The second kappa shape index (κ2) is 8.19. The minimum Gasteiger partial charge on any atom is -0.492 e. The van der Waals surface area contributed by atoms with E-state index in [2.05, 4.69) is 0 Å². The van der Waals surface area contributed by atoms with E-state index in [-0.39, 0.29) is 16.8 Å². The van der Waals surface area contributed by atoms with Crippen LogP contribution in [0.1, 0.15) is 24.2 Å². The maximum Gasteiger partial charge on any atom is 0.256 e. The van der Waals surface area contributed by atoms with E-state index in [9.17, 15) is 9.59 Å². The van der Waals surface area contributed by atoms with Gasteiger partial charge in [-0.05, 0) is 44.2 Å². The normalized spacial score (nSPS) is 17.2. The first-order chi connectivity index (χ1) is 12.9. The summed E-state index contributed by atoms with van der Waals surface area (Å²) >= 11 is 12.1. The molecule has 0 radical (unpaired) electrons. The van der Waals surface area contributed by atoms with Gasteiger partial charge >= 0.3 is 0 Å². The summed E-state index contributed by atoms with van der Waals surface area (Å²) in [5.74, 6) is 0.211. The lowest BCUT2D eigenvalue weighted by Crippen LogP contribution is -2.57. The van der Waals surface area contributed by atoms with Gasteiger partial charge < -0.3 is 14.5 Å². The molecule has 1 fully saturated rings. The molecule has 7 heteroatoms. The van der Waals surface area contributed by atoms with Crippen molar-refractivity contribution in [1.29, 1.82) is 0 Å². The molecule has 0 aromatic heterocycles. The third-order valence-electron chi connectivity index (χ3n) is 4.53. The highest BCUT2D eigenvalue weighted by Gasteiger charge is 2.36. The summed E-state index contributed by atoms with van der Waals surface area (Å²) in [6, 6.07) is 11.5. The van der Waals surface area contributed by atoms with Crippen molar-refractivity contribution in [3.8, 4) is 5.75 Å². The molecule has 5 nitrogen and oxygen atoms in total. The number of para-hydroxylation sites is 2. The number of rotatable bonds is 4. The summed E-state index contributed by atoms with van der Waals surface area (Å²) in [5, 5.41) is 0.731. The summed E-state index contributed by atoms with van der Waals surface area (Å²) in [6.07, 6.45) is 0. The van der Waals surface area contributed by atoms with Crippen LogP contribution in [0.3, 0.4) is 0 Å². The lowest BCUT2D eigenvalue weighted by molar-refractivity contribution is -0.124. The van der Waals surface area contributed by atoms with Crippen LogP contribution in [0.5, 0.6) is 5.75 Å². The molecule has 0 aliphatic carbocycles. The summed E-state index contributed by atoms with van der Waals surface area (Å²) < 4.78 is 5.64. The van der Waals surface area contributed by atoms with Gasteiger partial charge in [0.15, 0.2) is 0 Å². The van der Waals surface area contributed by atoms with Gasteiger partial charge in [-0.1, -0.05) is 35.3 Å². The molecule has 1 aliphatic heterocycles. The number of carbonyl (C=O) groups is 2. The van der Waals surface area contributed by atoms with Crippen LogP contribution in [0.4, 0.5) is 5.69 Å². The van der Waals surface area contributed by atoms with Crippen LogP contribution in [-0.4, -0.2) is 42.5 Å². The topological polar surface area (TPSA) is 49.9 Å². The van der Waals surface area contributed by atoms with Crippen molar-refractivity contribution in [3.05, 3.63) is 58.1 Å². The average Bonchev–Trinajstić information content (AvgIpc) is 2.64. The Labute approximate surface area is 168 Å². The summed E-state index contributed by atoms with van der Waals surface area (Å²) in [6.45, 7) is 4.90. The zero-order chi connectivity index (χ0) is 19.6. The SMILES string of the molecule is CCOc1ccccc1N1CCN(C(=O)c2ccc(Cl)cc2Cl)C(C)C1=O. The Hall–Kier alpha value is -2.24. The number of carbonyl (C=O) groups excluding carboxylic acids is 2. The van der Waals surface area contributed by atoms with Gasteiger partial charge in [0.2, 0.25) is 5.91 Å². The predicted octanol–water partition coefficient (Wildman–Crippen LogP) is 4.27.